The van der Waals surface area contributed by atoms with Gasteiger partial charge in [-0.05, 0) is 18.2 Å². The van der Waals surface area contributed by atoms with Gasteiger partial charge in [-0.2, -0.15) is 0 Å². The highest BCUT2D eigenvalue weighted by molar-refractivity contribution is 9.10. The summed E-state index contributed by atoms with van der Waals surface area (Å²) in [4.78, 5) is 11.7. The van der Waals surface area contributed by atoms with E-state index in [1.165, 1.54) is 0 Å². The van der Waals surface area contributed by atoms with E-state index in [1.54, 1.807) is 18.2 Å². The molecule has 20 heavy (non-hydrogen) atoms. The van der Waals surface area contributed by atoms with E-state index in [4.69, 9.17) is 16.3 Å². The van der Waals surface area contributed by atoms with Crippen LogP contribution in [0.4, 0.5) is 0 Å². The Bertz CT molecular complexity index is 487. The second-order valence-corrected chi connectivity index (χ2v) is 5.98. The number of aliphatic hydroxyl groups is 1. The SMILES string of the molecule is O=C(COc1ccc(Br)cc1Cl)NCC1CNCC1O. The number of benzene rings is 1. The molecule has 1 amide bonds. The van der Waals surface area contributed by atoms with Gasteiger partial charge < -0.3 is 20.5 Å². The van der Waals surface area contributed by atoms with Crippen LogP contribution in [0, 0.1) is 5.92 Å². The van der Waals surface area contributed by atoms with Gasteiger partial charge in [0, 0.05) is 30.0 Å². The van der Waals surface area contributed by atoms with Gasteiger partial charge in [-0.3, -0.25) is 4.79 Å². The Morgan fingerprint density at radius 2 is 2.35 bits per heavy atom. The van der Waals surface area contributed by atoms with Crippen LogP contribution in [0.3, 0.4) is 0 Å². The summed E-state index contributed by atoms with van der Waals surface area (Å²) in [5, 5.41) is 15.9. The molecule has 1 aliphatic rings. The van der Waals surface area contributed by atoms with Crippen molar-refractivity contribution in [1.29, 1.82) is 0 Å². The van der Waals surface area contributed by atoms with Crippen LogP contribution >= 0.6 is 27.5 Å². The summed E-state index contributed by atoms with van der Waals surface area (Å²) in [6, 6.07) is 5.19. The standard InChI is InChI=1S/C13H16BrClN2O3/c14-9-1-2-12(10(15)3-9)20-7-13(19)17-5-8-4-16-6-11(8)18/h1-3,8,11,16,18H,4-7H2,(H,17,19). The number of carbonyl (C=O) groups is 1. The van der Waals surface area contributed by atoms with Crippen LogP contribution in [0.2, 0.25) is 5.02 Å². The highest BCUT2D eigenvalue weighted by Crippen LogP contribution is 2.27. The molecule has 3 N–H and O–H groups in total. The van der Waals surface area contributed by atoms with Gasteiger partial charge in [-0.25, -0.2) is 0 Å². The third-order valence-electron chi connectivity index (χ3n) is 3.12. The summed E-state index contributed by atoms with van der Waals surface area (Å²) in [7, 11) is 0. The van der Waals surface area contributed by atoms with E-state index >= 15 is 0 Å². The van der Waals surface area contributed by atoms with Gasteiger partial charge >= 0.3 is 0 Å². The number of β-amino-alcohol motifs (C(OH)–C–C–N with tert-alkyl or cyclic N) is 1. The van der Waals surface area contributed by atoms with Crippen molar-refractivity contribution in [2.24, 2.45) is 5.92 Å². The maximum absolute atomic E-state index is 11.7. The van der Waals surface area contributed by atoms with Crippen molar-refractivity contribution < 1.29 is 14.6 Å². The van der Waals surface area contributed by atoms with Crippen molar-refractivity contribution in [2.75, 3.05) is 26.2 Å². The van der Waals surface area contributed by atoms with Crippen molar-refractivity contribution in [3.05, 3.63) is 27.7 Å². The smallest absolute Gasteiger partial charge is 0.257 e. The van der Waals surface area contributed by atoms with Gasteiger partial charge in [-0.1, -0.05) is 27.5 Å². The summed E-state index contributed by atoms with van der Waals surface area (Å²) in [6.07, 6.45) is -0.405. The van der Waals surface area contributed by atoms with E-state index in [1.807, 2.05) is 0 Å². The molecule has 0 radical (unpaired) electrons. The molecular formula is C13H16BrClN2O3. The lowest BCUT2D eigenvalue weighted by atomic mass is 10.1. The average molecular weight is 364 g/mol. The van der Waals surface area contributed by atoms with E-state index in [0.29, 0.717) is 30.4 Å². The maximum Gasteiger partial charge on any atom is 0.257 e. The Morgan fingerprint density at radius 3 is 3.00 bits per heavy atom. The number of halogens is 2. The average Bonchev–Trinajstić information content (AvgIpc) is 2.81. The first-order valence-electron chi connectivity index (χ1n) is 6.29. The molecule has 2 unspecified atom stereocenters. The van der Waals surface area contributed by atoms with Crippen molar-refractivity contribution in [1.82, 2.24) is 10.6 Å². The van der Waals surface area contributed by atoms with Gasteiger partial charge in [0.25, 0.3) is 5.91 Å². The van der Waals surface area contributed by atoms with Crippen molar-refractivity contribution in [3.63, 3.8) is 0 Å². The molecule has 2 atom stereocenters. The van der Waals surface area contributed by atoms with Crippen LogP contribution in [-0.2, 0) is 4.79 Å². The van der Waals surface area contributed by atoms with Crippen LogP contribution in [0.25, 0.3) is 0 Å². The molecule has 1 aliphatic heterocycles. The van der Waals surface area contributed by atoms with E-state index in [-0.39, 0.29) is 18.4 Å². The van der Waals surface area contributed by atoms with E-state index in [9.17, 15) is 9.90 Å². The molecule has 1 aromatic rings. The maximum atomic E-state index is 11.7. The summed E-state index contributed by atoms with van der Waals surface area (Å²) in [5.74, 6) is 0.283. The molecule has 110 valence electrons. The van der Waals surface area contributed by atoms with Crippen LogP contribution in [0.5, 0.6) is 5.75 Å². The summed E-state index contributed by atoms with van der Waals surface area (Å²) < 4.78 is 6.20. The van der Waals surface area contributed by atoms with E-state index in [0.717, 1.165) is 4.47 Å². The first kappa shape index (κ1) is 15.6. The summed E-state index contributed by atoms with van der Waals surface area (Å²) in [5.41, 5.74) is 0. The topological polar surface area (TPSA) is 70.6 Å². The number of ether oxygens (including phenoxy) is 1. The second kappa shape index (κ2) is 7.26. The number of nitrogens with one attached hydrogen (secondary N) is 2. The number of amides is 1. The fourth-order valence-corrected chi connectivity index (χ4v) is 2.69. The predicted molar refractivity (Wildman–Crippen MR) is 80.0 cm³/mol. The molecule has 0 spiro atoms. The van der Waals surface area contributed by atoms with E-state index < -0.39 is 6.10 Å². The van der Waals surface area contributed by atoms with Crippen LogP contribution in [0.15, 0.2) is 22.7 Å². The monoisotopic (exact) mass is 362 g/mol. The molecule has 2 rings (SSSR count). The zero-order valence-electron chi connectivity index (χ0n) is 10.7. The number of carbonyl (C=O) groups excluding carboxylic acids is 1. The van der Waals surface area contributed by atoms with Crippen LogP contribution < -0.4 is 15.4 Å². The van der Waals surface area contributed by atoms with Crippen LogP contribution in [0.1, 0.15) is 0 Å². The highest BCUT2D eigenvalue weighted by Gasteiger charge is 2.24. The van der Waals surface area contributed by atoms with Crippen molar-refractivity contribution >= 4 is 33.4 Å². The third-order valence-corrected chi connectivity index (χ3v) is 3.91. The first-order valence-corrected chi connectivity index (χ1v) is 7.46. The lowest BCUT2D eigenvalue weighted by molar-refractivity contribution is -0.123. The zero-order valence-corrected chi connectivity index (χ0v) is 13.1. The van der Waals surface area contributed by atoms with Crippen molar-refractivity contribution in [2.45, 2.75) is 6.10 Å². The minimum absolute atomic E-state index is 0.0511. The molecule has 1 fully saturated rings. The number of hydrogen-bond acceptors (Lipinski definition) is 4. The Morgan fingerprint density at radius 1 is 1.55 bits per heavy atom. The fourth-order valence-electron chi connectivity index (χ4n) is 1.96. The molecule has 1 heterocycles. The first-order chi connectivity index (χ1) is 9.56. The summed E-state index contributed by atoms with van der Waals surface area (Å²) >= 11 is 9.28. The lowest BCUT2D eigenvalue weighted by Gasteiger charge is -2.14. The second-order valence-electron chi connectivity index (χ2n) is 4.65. The molecule has 0 aromatic heterocycles. The molecule has 0 aliphatic carbocycles. The minimum Gasteiger partial charge on any atom is -0.482 e. The molecule has 7 heteroatoms. The van der Waals surface area contributed by atoms with Gasteiger partial charge in [0.15, 0.2) is 6.61 Å². The summed E-state index contributed by atoms with van der Waals surface area (Å²) in [6.45, 7) is 1.62. The quantitative estimate of drug-likeness (QED) is 0.735. The fraction of sp³-hybridized carbons (Fsp3) is 0.462. The Balaban J connectivity index is 1.74. The largest absolute Gasteiger partial charge is 0.482 e. The molecule has 1 saturated heterocycles. The van der Waals surface area contributed by atoms with Gasteiger partial charge in [-0.15, -0.1) is 0 Å². The minimum atomic E-state index is -0.405. The van der Waals surface area contributed by atoms with Gasteiger partial charge in [0.1, 0.15) is 5.75 Å². The molecular weight excluding hydrogens is 348 g/mol. The van der Waals surface area contributed by atoms with E-state index in [2.05, 4.69) is 26.6 Å². The van der Waals surface area contributed by atoms with Gasteiger partial charge in [0.2, 0.25) is 0 Å². The Kier molecular flexibility index (Phi) is 5.65. The number of rotatable bonds is 5. The highest BCUT2D eigenvalue weighted by atomic mass is 79.9. The number of aliphatic hydroxyl groups excluding tert-OH is 1. The number of hydrogen-bond donors (Lipinski definition) is 3. The van der Waals surface area contributed by atoms with Crippen molar-refractivity contribution in [3.8, 4) is 5.75 Å². The predicted octanol–water partition coefficient (Wildman–Crippen LogP) is 1.18. The van der Waals surface area contributed by atoms with Crippen LogP contribution in [-0.4, -0.2) is 43.4 Å². The molecule has 1 aromatic carbocycles. The Labute approximate surface area is 130 Å². The zero-order chi connectivity index (χ0) is 14.5. The van der Waals surface area contributed by atoms with Gasteiger partial charge in [0.05, 0.1) is 11.1 Å². The normalized spacial score (nSPS) is 21.8. The third kappa shape index (κ3) is 4.34. The molecule has 0 saturated carbocycles. The lowest BCUT2D eigenvalue weighted by Crippen LogP contribution is -2.36. The molecule has 0 bridgehead atoms. The molecule has 5 nitrogen and oxygen atoms in total. The Hall–Kier alpha value is -0.820.